The van der Waals surface area contributed by atoms with Gasteiger partial charge in [-0.3, -0.25) is 4.79 Å². The second-order valence-corrected chi connectivity index (χ2v) is 5.92. The van der Waals surface area contributed by atoms with Gasteiger partial charge < -0.3 is 14.8 Å². The molecule has 2 aromatic carbocycles. The van der Waals surface area contributed by atoms with Gasteiger partial charge in [-0.15, -0.1) is 0 Å². The molecule has 0 saturated carbocycles. The number of hydrogen-bond donors (Lipinski definition) is 1. The summed E-state index contributed by atoms with van der Waals surface area (Å²) in [4.78, 5) is 23.5. The molecule has 0 aliphatic carbocycles. The Morgan fingerprint density at radius 1 is 1.16 bits per heavy atom. The van der Waals surface area contributed by atoms with Gasteiger partial charge in [0.05, 0.1) is 6.61 Å². The van der Waals surface area contributed by atoms with Crippen molar-refractivity contribution in [2.45, 2.75) is 6.92 Å². The van der Waals surface area contributed by atoms with Crippen molar-refractivity contribution in [1.29, 1.82) is 0 Å². The van der Waals surface area contributed by atoms with Crippen molar-refractivity contribution in [3.8, 4) is 5.75 Å². The molecule has 0 aromatic heterocycles. The predicted molar refractivity (Wildman–Crippen MR) is 100 cm³/mol. The first kappa shape index (κ1) is 18.7. The van der Waals surface area contributed by atoms with Crippen LogP contribution in [0.15, 0.2) is 59.1 Å². The summed E-state index contributed by atoms with van der Waals surface area (Å²) < 4.78 is 11.2. The lowest BCUT2D eigenvalue weighted by atomic mass is 10.2. The first-order valence-corrected chi connectivity index (χ1v) is 8.49. The van der Waals surface area contributed by atoms with Crippen molar-refractivity contribution in [3.63, 3.8) is 0 Å². The van der Waals surface area contributed by atoms with E-state index < -0.39 is 11.9 Å². The Labute approximate surface area is 154 Å². The number of esters is 1. The van der Waals surface area contributed by atoms with Crippen molar-refractivity contribution >= 4 is 39.6 Å². The van der Waals surface area contributed by atoms with Crippen molar-refractivity contribution in [3.05, 3.63) is 64.6 Å². The molecule has 0 spiro atoms. The van der Waals surface area contributed by atoms with Crippen molar-refractivity contribution in [2.75, 3.05) is 18.5 Å². The number of halogens is 1. The van der Waals surface area contributed by atoms with E-state index in [-0.39, 0.29) is 6.61 Å². The van der Waals surface area contributed by atoms with Gasteiger partial charge in [-0.25, -0.2) is 4.79 Å². The van der Waals surface area contributed by atoms with Crippen LogP contribution in [0.4, 0.5) is 5.69 Å². The first-order valence-electron chi connectivity index (χ1n) is 7.70. The normalized spacial score (nSPS) is 10.5. The van der Waals surface area contributed by atoms with Crippen molar-refractivity contribution in [1.82, 2.24) is 0 Å². The third-order valence-electron chi connectivity index (χ3n) is 3.06. The average Bonchev–Trinajstić information content (AvgIpc) is 2.60. The van der Waals surface area contributed by atoms with Gasteiger partial charge in [0.2, 0.25) is 0 Å². The Balaban J connectivity index is 1.78. The maximum absolute atomic E-state index is 11.8. The number of benzene rings is 2. The highest BCUT2D eigenvalue weighted by Gasteiger charge is 2.06. The number of ether oxygens (including phenoxy) is 2. The number of rotatable bonds is 7. The Kier molecular flexibility index (Phi) is 7.22. The minimum atomic E-state index is -0.582. The van der Waals surface area contributed by atoms with Crippen LogP contribution in [0.25, 0.3) is 6.08 Å². The summed E-state index contributed by atoms with van der Waals surface area (Å²) in [5, 5.41) is 2.65. The first-order chi connectivity index (χ1) is 12.1. The van der Waals surface area contributed by atoms with Gasteiger partial charge in [0.15, 0.2) is 6.61 Å². The van der Waals surface area contributed by atoms with Gasteiger partial charge in [-0.05, 0) is 55.0 Å². The Morgan fingerprint density at radius 3 is 2.60 bits per heavy atom. The zero-order chi connectivity index (χ0) is 18.1. The topological polar surface area (TPSA) is 64.6 Å². The summed E-state index contributed by atoms with van der Waals surface area (Å²) in [6.45, 7) is 2.12. The number of hydrogen-bond acceptors (Lipinski definition) is 4. The third kappa shape index (κ3) is 6.81. The SMILES string of the molecule is CCOc1ccc(NC(=O)COC(=O)/C=C/c2cccc(Br)c2)cc1. The highest BCUT2D eigenvalue weighted by molar-refractivity contribution is 9.10. The minimum Gasteiger partial charge on any atom is -0.494 e. The fraction of sp³-hybridized carbons (Fsp3) is 0.158. The standard InChI is InChI=1S/C19H18BrNO4/c1-2-24-17-9-7-16(8-10-17)21-18(22)13-25-19(23)11-6-14-4-3-5-15(20)12-14/h3-12H,2,13H2,1H3,(H,21,22)/b11-6+. The molecule has 0 fully saturated rings. The molecule has 0 bridgehead atoms. The zero-order valence-electron chi connectivity index (χ0n) is 13.7. The van der Waals surface area contributed by atoms with E-state index in [0.717, 1.165) is 15.8 Å². The minimum absolute atomic E-state index is 0.352. The number of carbonyl (C=O) groups excluding carboxylic acids is 2. The maximum atomic E-state index is 11.8. The van der Waals surface area contributed by atoms with E-state index in [9.17, 15) is 9.59 Å². The molecule has 2 rings (SSSR count). The molecule has 0 unspecified atom stereocenters. The van der Waals surface area contributed by atoms with Gasteiger partial charge in [-0.1, -0.05) is 28.1 Å². The maximum Gasteiger partial charge on any atom is 0.331 e. The lowest BCUT2D eigenvalue weighted by molar-refractivity contribution is -0.142. The zero-order valence-corrected chi connectivity index (χ0v) is 15.3. The third-order valence-corrected chi connectivity index (χ3v) is 3.55. The molecule has 6 heteroatoms. The Bertz CT molecular complexity index is 756. The fourth-order valence-electron chi connectivity index (χ4n) is 1.96. The van der Waals surface area contributed by atoms with Gasteiger partial charge >= 0.3 is 5.97 Å². The van der Waals surface area contributed by atoms with Crippen LogP contribution in [-0.4, -0.2) is 25.1 Å². The average molecular weight is 404 g/mol. The van der Waals surface area contributed by atoms with Gasteiger partial charge in [0.25, 0.3) is 5.91 Å². The van der Waals surface area contributed by atoms with Crippen molar-refractivity contribution in [2.24, 2.45) is 0 Å². The number of carbonyl (C=O) groups is 2. The lowest BCUT2D eigenvalue weighted by Gasteiger charge is -2.07. The molecular weight excluding hydrogens is 386 g/mol. The van der Waals surface area contributed by atoms with Crippen LogP contribution in [0.3, 0.4) is 0 Å². The second-order valence-electron chi connectivity index (χ2n) is 5.00. The molecule has 2 aromatic rings. The van der Waals surface area contributed by atoms with Gasteiger partial charge in [0, 0.05) is 16.2 Å². The van der Waals surface area contributed by atoms with Crippen molar-refractivity contribution < 1.29 is 19.1 Å². The quantitative estimate of drug-likeness (QED) is 0.559. The van der Waals surface area contributed by atoms with Crippen LogP contribution in [0, 0.1) is 0 Å². The summed E-state index contributed by atoms with van der Waals surface area (Å²) in [6, 6.07) is 14.4. The monoisotopic (exact) mass is 403 g/mol. The summed E-state index contributed by atoms with van der Waals surface area (Å²) in [5.74, 6) is -0.264. The van der Waals surface area contributed by atoms with E-state index in [2.05, 4.69) is 21.2 Å². The molecule has 0 aliphatic heterocycles. The predicted octanol–water partition coefficient (Wildman–Crippen LogP) is 4.04. The van der Waals surface area contributed by atoms with Crippen LogP contribution >= 0.6 is 15.9 Å². The summed E-state index contributed by atoms with van der Waals surface area (Å²) >= 11 is 3.35. The van der Waals surface area contributed by atoms with E-state index >= 15 is 0 Å². The Morgan fingerprint density at radius 2 is 1.92 bits per heavy atom. The highest BCUT2D eigenvalue weighted by atomic mass is 79.9. The molecule has 5 nitrogen and oxygen atoms in total. The van der Waals surface area contributed by atoms with Crippen LogP contribution < -0.4 is 10.1 Å². The van der Waals surface area contributed by atoms with Gasteiger partial charge in [-0.2, -0.15) is 0 Å². The molecule has 130 valence electrons. The molecule has 1 amide bonds. The number of anilines is 1. The molecular formula is C19H18BrNO4. The van der Waals surface area contributed by atoms with Crippen LogP contribution in [0.5, 0.6) is 5.75 Å². The summed E-state index contributed by atoms with van der Waals surface area (Å²) in [6.07, 6.45) is 2.91. The molecule has 1 N–H and O–H groups in total. The van der Waals surface area contributed by atoms with E-state index in [0.29, 0.717) is 12.3 Å². The summed E-state index contributed by atoms with van der Waals surface area (Å²) in [5.41, 5.74) is 1.46. The van der Waals surface area contributed by atoms with Crippen LogP contribution in [-0.2, 0) is 14.3 Å². The second kappa shape index (κ2) is 9.64. The molecule has 0 atom stereocenters. The molecule has 0 heterocycles. The lowest BCUT2D eigenvalue weighted by Crippen LogP contribution is -2.20. The molecule has 0 radical (unpaired) electrons. The smallest absolute Gasteiger partial charge is 0.331 e. The largest absolute Gasteiger partial charge is 0.494 e. The van der Waals surface area contributed by atoms with Crippen LogP contribution in [0.1, 0.15) is 12.5 Å². The van der Waals surface area contributed by atoms with E-state index in [1.165, 1.54) is 6.08 Å². The van der Waals surface area contributed by atoms with Crippen LogP contribution in [0.2, 0.25) is 0 Å². The van der Waals surface area contributed by atoms with E-state index in [4.69, 9.17) is 9.47 Å². The fourth-order valence-corrected chi connectivity index (χ4v) is 2.37. The molecule has 0 saturated heterocycles. The molecule has 0 aliphatic rings. The Hall–Kier alpha value is -2.60. The van der Waals surface area contributed by atoms with Gasteiger partial charge in [0.1, 0.15) is 5.75 Å². The van der Waals surface area contributed by atoms with E-state index in [1.54, 1.807) is 30.3 Å². The number of amides is 1. The van der Waals surface area contributed by atoms with E-state index in [1.807, 2.05) is 31.2 Å². The highest BCUT2D eigenvalue weighted by Crippen LogP contribution is 2.15. The number of nitrogens with one attached hydrogen (secondary N) is 1. The summed E-state index contributed by atoms with van der Waals surface area (Å²) in [7, 11) is 0. The molecule has 25 heavy (non-hydrogen) atoms.